The third-order valence-corrected chi connectivity index (χ3v) is 4.63. The van der Waals surface area contributed by atoms with Gasteiger partial charge in [0.25, 0.3) is 0 Å². The quantitative estimate of drug-likeness (QED) is 0.529. The van der Waals surface area contributed by atoms with Crippen LogP contribution in [0, 0.1) is 0 Å². The van der Waals surface area contributed by atoms with Crippen molar-refractivity contribution in [1.29, 1.82) is 0 Å². The molecule has 1 fully saturated rings. The molecule has 0 nitrogen and oxygen atoms in total. The zero-order valence-corrected chi connectivity index (χ0v) is 10.7. The summed E-state index contributed by atoms with van der Waals surface area (Å²) in [6.07, 6.45) is 7.77. The minimum absolute atomic E-state index is 0. The molecule has 0 amide bonds. The Hall–Kier alpha value is 1.50. The molecule has 10 heavy (non-hydrogen) atoms. The van der Waals surface area contributed by atoms with Crippen LogP contribution in [-0.2, 0) is 0 Å². The summed E-state index contributed by atoms with van der Waals surface area (Å²) in [6, 6.07) is 0. The molecule has 0 N–H and O–H groups in total. The van der Waals surface area contributed by atoms with Crippen LogP contribution in [0.2, 0.25) is 8.60 Å². The number of hydrogen-bond donors (Lipinski definition) is 0. The van der Waals surface area contributed by atoms with Crippen LogP contribution in [0.25, 0.3) is 0 Å². The summed E-state index contributed by atoms with van der Waals surface area (Å²) in [4.78, 5) is 0. The van der Waals surface area contributed by atoms with Gasteiger partial charge in [0, 0.05) is 0 Å². The van der Waals surface area contributed by atoms with E-state index in [1.807, 2.05) is 0 Å². The summed E-state index contributed by atoms with van der Waals surface area (Å²) >= 11 is 0.376. The van der Waals surface area contributed by atoms with E-state index in [0.717, 1.165) is 0 Å². The summed E-state index contributed by atoms with van der Waals surface area (Å²) in [6.45, 7) is 2.36. The Labute approximate surface area is 91.3 Å². The maximum atomic E-state index is 2.36. The monoisotopic (exact) mass is 264 g/mol. The topological polar surface area (TPSA) is 0 Å². The Balaban J connectivity index is 0.000000810. The Morgan fingerprint density at radius 3 is 2.30 bits per heavy atom. The van der Waals surface area contributed by atoms with Gasteiger partial charge >= 0.3 is 20.4 Å². The lowest BCUT2D eigenvalue weighted by atomic mass is 10.00. The molecule has 1 aliphatic rings. The van der Waals surface area contributed by atoms with Crippen LogP contribution in [0.3, 0.4) is 0 Å². The number of rotatable bonds is 2. The molecule has 0 aromatic rings. The second-order valence-electron chi connectivity index (χ2n) is 3.29. The van der Waals surface area contributed by atoms with Crippen LogP contribution in [0.1, 0.15) is 39.0 Å². The van der Waals surface area contributed by atoms with Crippen LogP contribution >= 0.6 is 24.0 Å². The zero-order valence-electron chi connectivity index (χ0n) is 6.94. The van der Waals surface area contributed by atoms with E-state index >= 15 is 0 Å². The molecule has 0 bridgehead atoms. The molecule has 1 saturated carbocycles. The molecule has 0 aliphatic heterocycles. The van der Waals surface area contributed by atoms with Crippen molar-refractivity contribution in [1.82, 2.24) is 0 Å². The second kappa shape index (κ2) is 7.16. The number of hydrogen-bond acceptors (Lipinski definition) is 0. The maximum absolute atomic E-state index is 2.36. The van der Waals surface area contributed by atoms with E-state index in [1.54, 1.807) is 12.8 Å². The van der Waals surface area contributed by atoms with Gasteiger partial charge in [0.05, 0.1) is 0 Å². The van der Waals surface area contributed by atoms with Crippen LogP contribution < -0.4 is 0 Å². The Bertz CT molecular complexity index is 66.9. The van der Waals surface area contributed by atoms with Crippen molar-refractivity contribution < 1.29 is 0 Å². The highest BCUT2D eigenvalue weighted by Crippen LogP contribution is 2.27. The van der Waals surface area contributed by atoms with Crippen LogP contribution in [0.4, 0.5) is 0 Å². The molecule has 2 heteroatoms. The van der Waals surface area contributed by atoms with Gasteiger partial charge < -0.3 is 0 Å². The molecule has 0 heterocycles. The SMILES string of the molecule is C[CH2][Mg][CH]1CCCCC1.I. The molecule has 0 radical (unpaired) electrons. The van der Waals surface area contributed by atoms with Gasteiger partial charge in [0.2, 0.25) is 0 Å². The average Bonchev–Trinajstić information content (AvgIpc) is 1.91. The van der Waals surface area contributed by atoms with Gasteiger partial charge in [-0.3, -0.25) is 0 Å². The van der Waals surface area contributed by atoms with Crippen molar-refractivity contribution in [3.05, 3.63) is 0 Å². The van der Waals surface area contributed by atoms with E-state index in [9.17, 15) is 0 Å². The van der Waals surface area contributed by atoms with Gasteiger partial charge in [-0.1, -0.05) is 39.0 Å². The molecule has 0 unspecified atom stereocenters. The third-order valence-electron chi connectivity index (χ3n) is 2.42. The molecule has 0 saturated heterocycles. The summed E-state index contributed by atoms with van der Waals surface area (Å²) < 4.78 is 2.77. The molecule has 0 aromatic carbocycles. The average molecular weight is 264 g/mol. The van der Waals surface area contributed by atoms with Gasteiger partial charge in [-0.2, -0.15) is 0 Å². The van der Waals surface area contributed by atoms with Gasteiger partial charge in [-0.25, -0.2) is 0 Å². The molecule has 0 atom stereocenters. The Morgan fingerprint density at radius 2 is 1.80 bits per heavy atom. The van der Waals surface area contributed by atoms with E-state index in [2.05, 4.69) is 6.92 Å². The second-order valence-corrected chi connectivity index (χ2v) is 6.02. The molecule has 1 rings (SSSR count). The van der Waals surface area contributed by atoms with Crippen molar-refractivity contribution in [3.63, 3.8) is 0 Å². The molecule has 58 valence electrons. The highest BCUT2D eigenvalue weighted by molar-refractivity contribution is 14.0. The molecular formula is C8H17IMg. The zero-order chi connectivity index (χ0) is 6.53. The van der Waals surface area contributed by atoms with E-state index < -0.39 is 0 Å². The number of halogens is 1. The first-order chi connectivity index (χ1) is 4.43. The molecule has 0 spiro atoms. The van der Waals surface area contributed by atoms with Crippen LogP contribution in [-0.4, -0.2) is 20.4 Å². The fourth-order valence-corrected chi connectivity index (χ4v) is 3.86. The smallest absolute Gasteiger partial charge is 0.148 e. The van der Waals surface area contributed by atoms with E-state index in [4.69, 9.17) is 0 Å². The summed E-state index contributed by atoms with van der Waals surface area (Å²) in [7, 11) is 0. The molecular weight excluding hydrogens is 247 g/mol. The van der Waals surface area contributed by atoms with Gasteiger partial charge in [-0.05, 0) is 0 Å². The van der Waals surface area contributed by atoms with E-state index in [-0.39, 0.29) is 24.0 Å². The summed E-state index contributed by atoms with van der Waals surface area (Å²) in [5.41, 5.74) is 0. The Kier molecular flexibility index (Phi) is 8.23. The van der Waals surface area contributed by atoms with Crippen molar-refractivity contribution in [2.75, 3.05) is 0 Å². The van der Waals surface area contributed by atoms with Crippen molar-refractivity contribution in [2.45, 2.75) is 47.6 Å². The van der Waals surface area contributed by atoms with Crippen molar-refractivity contribution in [2.24, 2.45) is 0 Å². The molecule has 0 aromatic heterocycles. The first kappa shape index (κ1) is 11.5. The largest absolute Gasteiger partial charge is 0.368 e. The van der Waals surface area contributed by atoms with Crippen LogP contribution in [0.5, 0.6) is 0 Å². The highest BCUT2D eigenvalue weighted by atomic mass is 127. The maximum Gasteiger partial charge on any atom is 0.368 e. The Morgan fingerprint density at radius 1 is 1.20 bits per heavy atom. The minimum atomic E-state index is 0. The third kappa shape index (κ3) is 4.39. The summed E-state index contributed by atoms with van der Waals surface area (Å²) in [5.74, 6) is 0. The predicted octanol–water partition coefficient (Wildman–Crippen LogP) is 3.50. The lowest BCUT2D eigenvalue weighted by Gasteiger charge is -2.20. The van der Waals surface area contributed by atoms with Gasteiger partial charge in [0.15, 0.2) is 0 Å². The van der Waals surface area contributed by atoms with E-state index in [0.29, 0.717) is 20.4 Å². The predicted molar refractivity (Wildman–Crippen MR) is 58.5 cm³/mol. The van der Waals surface area contributed by atoms with Gasteiger partial charge in [0.1, 0.15) is 0 Å². The van der Waals surface area contributed by atoms with Crippen LogP contribution in [0.15, 0.2) is 0 Å². The fourth-order valence-electron chi connectivity index (χ4n) is 1.88. The van der Waals surface area contributed by atoms with Crippen molar-refractivity contribution >= 4 is 44.3 Å². The highest BCUT2D eigenvalue weighted by Gasteiger charge is 2.13. The normalized spacial score (nSPS) is 19.3. The molecule has 1 aliphatic carbocycles. The lowest BCUT2D eigenvalue weighted by Crippen LogP contribution is -2.06. The first-order valence-electron chi connectivity index (χ1n) is 4.43. The lowest BCUT2D eigenvalue weighted by molar-refractivity contribution is 0.500. The minimum Gasteiger partial charge on any atom is -0.148 e. The van der Waals surface area contributed by atoms with Crippen molar-refractivity contribution in [3.8, 4) is 0 Å². The standard InChI is InChI=1S/C6H11.C2H5.HI.Mg/c1-2-4-6-5-3-1;1-2;;/h1H,2-6H2;1H2,2H3;1H;. The first-order valence-corrected chi connectivity index (χ1v) is 6.25. The van der Waals surface area contributed by atoms with E-state index in [1.165, 1.54) is 27.9 Å². The fraction of sp³-hybridized carbons (Fsp3) is 1.00. The summed E-state index contributed by atoms with van der Waals surface area (Å²) in [5, 5.41) is 0. The van der Waals surface area contributed by atoms with Gasteiger partial charge in [-0.15, -0.1) is 32.6 Å².